The van der Waals surface area contributed by atoms with Crippen LogP contribution in [0.5, 0.6) is 11.5 Å². The van der Waals surface area contributed by atoms with Crippen LogP contribution in [0, 0.1) is 13.8 Å². The van der Waals surface area contributed by atoms with E-state index in [2.05, 4.69) is 5.32 Å². The topological polar surface area (TPSA) is 63.9 Å². The van der Waals surface area contributed by atoms with E-state index in [1.54, 1.807) is 25.5 Å². The fourth-order valence-corrected chi connectivity index (χ4v) is 3.88. The summed E-state index contributed by atoms with van der Waals surface area (Å²) < 4.78 is 17.0. The van der Waals surface area contributed by atoms with Gasteiger partial charge in [-0.15, -0.1) is 0 Å². The van der Waals surface area contributed by atoms with Gasteiger partial charge in [-0.1, -0.05) is 24.3 Å². The lowest BCUT2D eigenvalue weighted by Crippen LogP contribution is -2.29. The van der Waals surface area contributed by atoms with Crippen LogP contribution in [-0.2, 0) is 17.9 Å². The number of carbonyl (C=O) groups excluding carboxylic acids is 1. The number of benzene rings is 2. The molecule has 1 aliphatic heterocycles. The highest BCUT2D eigenvalue weighted by Crippen LogP contribution is 2.27. The predicted octanol–water partition coefficient (Wildman–Crippen LogP) is 4.74. The minimum Gasteiger partial charge on any atom is -0.496 e. The number of amides is 1. The van der Waals surface area contributed by atoms with Crippen LogP contribution in [0.2, 0.25) is 0 Å². The molecule has 32 heavy (non-hydrogen) atoms. The Morgan fingerprint density at radius 3 is 2.59 bits per heavy atom. The molecule has 7 heteroatoms. The van der Waals surface area contributed by atoms with Crippen LogP contribution in [0.25, 0.3) is 6.08 Å². The summed E-state index contributed by atoms with van der Waals surface area (Å²) in [5, 5.41) is 3.35. The normalized spacial score (nSPS) is 14.7. The molecule has 0 bridgehead atoms. The molecule has 1 N–H and O–H groups in total. The van der Waals surface area contributed by atoms with Crippen LogP contribution in [0.4, 0.5) is 0 Å². The van der Waals surface area contributed by atoms with E-state index in [1.165, 1.54) is 4.90 Å². The lowest BCUT2D eigenvalue weighted by Gasteiger charge is -2.14. The number of rotatable bonds is 7. The number of furan rings is 1. The average Bonchev–Trinajstić information content (AvgIpc) is 3.38. The summed E-state index contributed by atoms with van der Waals surface area (Å²) in [5.74, 6) is 2.05. The highest BCUT2D eigenvalue weighted by Gasteiger charge is 2.31. The zero-order valence-electron chi connectivity index (χ0n) is 18.2. The van der Waals surface area contributed by atoms with E-state index in [4.69, 9.17) is 26.1 Å². The van der Waals surface area contributed by atoms with Gasteiger partial charge in [0.25, 0.3) is 5.91 Å². The second kappa shape index (κ2) is 9.28. The van der Waals surface area contributed by atoms with E-state index in [1.807, 2.05) is 56.3 Å². The smallest absolute Gasteiger partial charge is 0.276 e. The van der Waals surface area contributed by atoms with Gasteiger partial charge in [-0.2, -0.15) is 0 Å². The number of hydrogen-bond donors (Lipinski definition) is 1. The number of nitrogens with one attached hydrogen (secondary N) is 1. The number of thiocarbonyl (C=S) groups is 1. The summed E-state index contributed by atoms with van der Waals surface area (Å²) in [5.41, 5.74) is 4.28. The number of carbonyl (C=O) groups is 1. The summed E-state index contributed by atoms with van der Waals surface area (Å²) in [4.78, 5) is 14.3. The van der Waals surface area contributed by atoms with E-state index in [0.717, 1.165) is 33.8 Å². The monoisotopic (exact) mass is 448 g/mol. The van der Waals surface area contributed by atoms with Gasteiger partial charge >= 0.3 is 0 Å². The third-order valence-electron chi connectivity index (χ3n) is 5.25. The van der Waals surface area contributed by atoms with Gasteiger partial charge in [0.2, 0.25) is 0 Å². The molecule has 0 aliphatic carbocycles. The lowest BCUT2D eigenvalue weighted by atomic mass is 10.1. The minimum absolute atomic E-state index is 0.199. The average molecular weight is 449 g/mol. The Balaban J connectivity index is 1.55. The molecule has 0 atom stereocenters. The maximum absolute atomic E-state index is 12.9. The molecular weight excluding hydrogens is 424 g/mol. The Hall–Kier alpha value is -3.58. The highest BCUT2D eigenvalue weighted by atomic mass is 32.1. The van der Waals surface area contributed by atoms with Crippen LogP contribution < -0.4 is 14.8 Å². The predicted molar refractivity (Wildman–Crippen MR) is 126 cm³/mol. The first-order valence-electron chi connectivity index (χ1n) is 10.2. The van der Waals surface area contributed by atoms with E-state index < -0.39 is 0 Å². The SMILES string of the molecule is COc1ccc(/C=C2/NC(=S)N(Cc3ccco3)C2=O)cc1COc1c(C)cccc1C. The molecule has 1 aromatic heterocycles. The molecule has 6 nitrogen and oxygen atoms in total. The van der Waals surface area contributed by atoms with E-state index in [-0.39, 0.29) is 12.5 Å². The standard InChI is InChI=1S/C25H24N2O4S/c1-16-6-4-7-17(2)23(16)31-15-19-12-18(9-10-22(19)29-3)13-21-24(28)27(25(32)26-21)14-20-8-5-11-30-20/h4-13H,14-15H2,1-3H3,(H,26,32)/b21-13+. The van der Waals surface area contributed by atoms with E-state index in [9.17, 15) is 4.79 Å². The molecule has 4 rings (SSSR count). The molecule has 0 spiro atoms. The highest BCUT2D eigenvalue weighted by molar-refractivity contribution is 7.80. The number of para-hydroxylation sites is 1. The molecule has 2 aromatic carbocycles. The van der Waals surface area contributed by atoms with Crippen molar-refractivity contribution in [3.63, 3.8) is 0 Å². The molecule has 1 fully saturated rings. The number of aryl methyl sites for hydroxylation is 2. The quantitative estimate of drug-likeness (QED) is 0.416. The van der Waals surface area contributed by atoms with Gasteiger partial charge in [-0.3, -0.25) is 9.69 Å². The first-order valence-corrected chi connectivity index (χ1v) is 10.6. The molecule has 2 heterocycles. The van der Waals surface area contributed by atoms with Crippen LogP contribution in [0.3, 0.4) is 0 Å². The van der Waals surface area contributed by atoms with Crippen molar-refractivity contribution in [3.8, 4) is 11.5 Å². The van der Waals surface area contributed by atoms with Crippen molar-refractivity contribution < 1.29 is 18.7 Å². The molecule has 1 aliphatic rings. The van der Waals surface area contributed by atoms with Crippen molar-refractivity contribution in [3.05, 3.63) is 88.5 Å². The largest absolute Gasteiger partial charge is 0.496 e. The number of nitrogens with zero attached hydrogens (tertiary/aromatic N) is 1. The third kappa shape index (κ3) is 4.53. The first-order chi connectivity index (χ1) is 15.5. The summed E-state index contributed by atoms with van der Waals surface area (Å²) >= 11 is 5.34. The second-order valence-corrected chi connectivity index (χ2v) is 7.93. The maximum Gasteiger partial charge on any atom is 0.276 e. The van der Waals surface area contributed by atoms with Gasteiger partial charge in [-0.25, -0.2) is 0 Å². The fraction of sp³-hybridized carbons (Fsp3) is 0.200. The first kappa shape index (κ1) is 21.6. The maximum atomic E-state index is 12.9. The number of ether oxygens (including phenoxy) is 2. The molecule has 1 saturated heterocycles. The van der Waals surface area contributed by atoms with Crippen LogP contribution in [0.15, 0.2) is 64.9 Å². The van der Waals surface area contributed by atoms with Gasteiger partial charge in [0.05, 0.1) is 19.9 Å². The second-order valence-electron chi connectivity index (χ2n) is 7.54. The third-order valence-corrected chi connectivity index (χ3v) is 5.58. The number of methoxy groups -OCH3 is 1. The number of hydrogen-bond acceptors (Lipinski definition) is 5. The van der Waals surface area contributed by atoms with Crippen molar-refractivity contribution in [1.82, 2.24) is 10.2 Å². The van der Waals surface area contributed by atoms with E-state index in [0.29, 0.717) is 23.2 Å². The molecule has 3 aromatic rings. The Bertz CT molecular complexity index is 1160. The van der Waals surface area contributed by atoms with Crippen molar-refractivity contribution in [2.45, 2.75) is 27.0 Å². The Kier molecular flexibility index (Phi) is 6.28. The van der Waals surface area contributed by atoms with Gasteiger partial charge < -0.3 is 19.2 Å². The van der Waals surface area contributed by atoms with Gasteiger partial charge in [0.1, 0.15) is 29.6 Å². The minimum atomic E-state index is -0.199. The van der Waals surface area contributed by atoms with Crippen LogP contribution in [-0.4, -0.2) is 23.0 Å². The van der Waals surface area contributed by atoms with Gasteiger partial charge in [0.15, 0.2) is 5.11 Å². The van der Waals surface area contributed by atoms with Crippen molar-refractivity contribution >= 4 is 29.3 Å². The summed E-state index contributed by atoms with van der Waals surface area (Å²) in [6, 6.07) is 15.4. The van der Waals surface area contributed by atoms with E-state index >= 15 is 0 Å². The molecule has 0 saturated carbocycles. The van der Waals surface area contributed by atoms with Gasteiger partial charge in [-0.05, 0) is 73.1 Å². The zero-order valence-corrected chi connectivity index (χ0v) is 19.0. The molecule has 0 radical (unpaired) electrons. The summed E-state index contributed by atoms with van der Waals surface area (Å²) in [6.45, 7) is 4.67. The fourth-order valence-electron chi connectivity index (χ4n) is 3.62. The van der Waals surface area contributed by atoms with Crippen molar-refractivity contribution in [2.24, 2.45) is 0 Å². The van der Waals surface area contributed by atoms with Gasteiger partial charge in [0, 0.05) is 5.56 Å². The van der Waals surface area contributed by atoms with Crippen molar-refractivity contribution in [2.75, 3.05) is 7.11 Å². The summed E-state index contributed by atoms with van der Waals surface area (Å²) in [7, 11) is 1.63. The summed E-state index contributed by atoms with van der Waals surface area (Å²) in [6.07, 6.45) is 3.35. The molecule has 164 valence electrons. The Labute approximate surface area is 192 Å². The molecular formula is C25H24N2O4S. The van der Waals surface area contributed by atoms with Crippen LogP contribution in [0.1, 0.15) is 28.0 Å². The Morgan fingerprint density at radius 2 is 1.91 bits per heavy atom. The van der Waals surface area contributed by atoms with Crippen molar-refractivity contribution in [1.29, 1.82) is 0 Å². The Morgan fingerprint density at radius 1 is 1.12 bits per heavy atom. The lowest BCUT2D eigenvalue weighted by molar-refractivity contribution is -0.122. The molecule has 0 unspecified atom stereocenters. The zero-order chi connectivity index (χ0) is 22.7. The molecule has 1 amide bonds. The van der Waals surface area contributed by atoms with Crippen LogP contribution >= 0.6 is 12.2 Å².